The van der Waals surface area contributed by atoms with Crippen LogP contribution in [0.3, 0.4) is 0 Å². The van der Waals surface area contributed by atoms with Crippen molar-refractivity contribution in [3.63, 3.8) is 0 Å². The highest BCUT2D eigenvalue weighted by Gasteiger charge is 2.16. The molecular formula is C14H17BrN4O2. The maximum absolute atomic E-state index is 12.1. The summed E-state index contributed by atoms with van der Waals surface area (Å²) in [6.45, 7) is 6.47. The Morgan fingerprint density at radius 3 is 2.81 bits per heavy atom. The van der Waals surface area contributed by atoms with Gasteiger partial charge in [-0.1, -0.05) is 0 Å². The van der Waals surface area contributed by atoms with E-state index in [2.05, 4.69) is 26.0 Å². The Bertz CT molecular complexity index is 682. The van der Waals surface area contributed by atoms with Gasteiger partial charge < -0.3 is 10.5 Å². The van der Waals surface area contributed by atoms with Gasteiger partial charge in [-0.2, -0.15) is 5.10 Å². The van der Waals surface area contributed by atoms with Gasteiger partial charge in [-0.05, 0) is 42.8 Å². The number of hydrogen-bond acceptors (Lipinski definition) is 5. The minimum atomic E-state index is -0.444. The number of anilines is 1. The van der Waals surface area contributed by atoms with Crippen molar-refractivity contribution in [3.8, 4) is 0 Å². The molecule has 0 spiro atoms. The number of carbonyl (C=O) groups is 1. The second kappa shape index (κ2) is 6.26. The number of rotatable bonds is 4. The molecule has 0 aliphatic rings. The number of carbonyl (C=O) groups excluding carboxylic acids is 1. The molecule has 2 aromatic rings. The smallest absolute Gasteiger partial charge is 0.340 e. The maximum atomic E-state index is 12.1. The van der Waals surface area contributed by atoms with Crippen LogP contribution in [0.2, 0.25) is 0 Å². The standard InChI is InChI=1S/C14H17BrN4O2/c1-4-19-12(13(15)9(3)18-19)7-21-14(20)11-5-10(16)6-17-8(11)2/h5-6H,4,7,16H2,1-3H3. The Balaban J connectivity index is 2.16. The van der Waals surface area contributed by atoms with Crippen LogP contribution in [0, 0.1) is 13.8 Å². The molecule has 0 amide bonds. The molecule has 0 bridgehead atoms. The van der Waals surface area contributed by atoms with Gasteiger partial charge in [-0.15, -0.1) is 0 Å². The molecule has 0 aliphatic heterocycles. The van der Waals surface area contributed by atoms with E-state index in [9.17, 15) is 4.79 Å². The summed E-state index contributed by atoms with van der Waals surface area (Å²) >= 11 is 3.47. The normalized spacial score (nSPS) is 10.7. The zero-order valence-corrected chi connectivity index (χ0v) is 13.8. The number of nitrogens with zero attached hydrogens (tertiary/aromatic N) is 3. The lowest BCUT2D eigenvalue weighted by atomic mass is 10.2. The van der Waals surface area contributed by atoms with E-state index in [0.29, 0.717) is 23.5 Å². The first kappa shape index (κ1) is 15.5. The van der Waals surface area contributed by atoms with Gasteiger partial charge in [0.15, 0.2) is 0 Å². The minimum Gasteiger partial charge on any atom is -0.456 e. The molecule has 0 atom stereocenters. The molecule has 0 aliphatic carbocycles. The lowest BCUT2D eigenvalue weighted by Gasteiger charge is -2.09. The SMILES string of the molecule is CCn1nc(C)c(Br)c1COC(=O)c1cc(N)cnc1C. The molecule has 0 radical (unpaired) electrons. The summed E-state index contributed by atoms with van der Waals surface area (Å²) in [6, 6.07) is 1.57. The molecule has 0 fully saturated rings. The van der Waals surface area contributed by atoms with Gasteiger partial charge in [-0.3, -0.25) is 9.67 Å². The van der Waals surface area contributed by atoms with Crippen LogP contribution in [0.4, 0.5) is 5.69 Å². The highest BCUT2D eigenvalue weighted by molar-refractivity contribution is 9.10. The summed E-state index contributed by atoms with van der Waals surface area (Å²) in [5.41, 5.74) is 8.76. The Morgan fingerprint density at radius 2 is 2.14 bits per heavy atom. The number of nitrogens with two attached hydrogens (primary N) is 1. The first-order valence-electron chi connectivity index (χ1n) is 6.55. The second-order valence-corrected chi connectivity index (χ2v) is 5.43. The van der Waals surface area contributed by atoms with Crippen LogP contribution in [0.1, 0.15) is 34.4 Å². The van der Waals surface area contributed by atoms with Crippen molar-refractivity contribution < 1.29 is 9.53 Å². The molecule has 0 saturated heterocycles. The van der Waals surface area contributed by atoms with Gasteiger partial charge >= 0.3 is 5.97 Å². The van der Waals surface area contributed by atoms with Crippen molar-refractivity contribution in [1.82, 2.24) is 14.8 Å². The zero-order chi connectivity index (χ0) is 15.6. The fraction of sp³-hybridized carbons (Fsp3) is 0.357. The summed E-state index contributed by atoms with van der Waals surface area (Å²) < 4.78 is 8.02. The number of aromatic nitrogens is 3. The Morgan fingerprint density at radius 1 is 1.43 bits per heavy atom. The largest absolute Gasteiger partial charge is 0.456 e. The molecule has 2 aromatic heterocycles. The van der Waals surface area contributed by atoms with Gasteiger partial charge in [0, 0.05) is 6.54 Å². The van der Waals surface area contributed by atoms with Crippen LogP contribution in [0.5, 0.6) is 0 Å². The number of esters is 1. The predicted octanol–water partition coefficient (Wildman–Crippen LogP) is 2.62. The molecule has 112 valence electrons. The average Bonchev–Trinajstić information content (AvgIpc) is 2.74. The molecule has 2 rings (SSSR count). The molecule has 21 heavy (non-hydrogen) atoms. The maximum Gasteiger partial charge on any atom is 0.340 e. The van der Waals surface area contributed by atoms with E-state index >= 15 is 0 Å². The molecule has 0 aromatic carbocycles. The minimum absolute atomic E-state index is 0.141. The Kier molecular flexibility index (Phi) is 4.62. The van der Waals surface area contributed by atoms with Crippen LogP contribution >= 0.6 is 15.9 Å². The molecule has 2 heterocycles. The van der Waals surface area contributed by atoms with E-state index in [4.69, 9.17) is 10.5 Å². The number of ether oxygens (including phenoxy) is 1. The highest BCUT2D eigenvalue weighted by atomic mass is 79.9. The second-order valence-electron chi connectivity index (χ2n) is 4.64. The average molecular weight is 353 g/mol. The van der Waals surface area contributed by atoms with Crippen molar-refractivity contribution in [3.05, 3.63) is 39.4 Å². The quantitative estimate of drug-likeness (QED) is 0.855. The fourth-order valence-electron chi connectivity index (χ4n) is 1.97. The van der Waals surface area contributed by atoms with Crippen molar-refractivity contribution >= 4 is 27.6 Å². The molecule has 2 N–H and O–H groups in total. The van der Waals surface area contributed by atoms with E-state index in [1.807, 2.05) is 13.8 Å². The van der Waals surface area contributed by atoms with Gasteiger partial charge in [0.05, 0.1) is 39.0 Å². The summed E-state index contributed by atoms with van der Waals surface area (Å²) in [5, 5.41) is 4.36. The fourth-order valence-corrected chi connectivity index (χ4v) is 2.37. The van der Waals surface area contributed by atoms with Crippen molar-refractivity contribution in [2.45, 2.75) is 33.9 Å². The number of aryl methyl sites for hydroxylation is 3. The summed E-state index contributed by atoms with van der Waals surface area (Å²) in [4.78, 5) is 16.2. The highest BCUT2D eigenvalue weighted by Crippen LogP contribution is 2.22. The monoisotopic (exact) mass is 352 g/mol. The third-order valence-electron chi connectivity index (χ3n) is 3.12. The van der Waals surface area contributed by atoms with E-state index < -0.39 is 5.97 Å². The predicted molar refractivity (Wildman–Crippen MR) is 82.8 cm³/mol. The van der Waals surface area contributed by atoms with Crippen LogP contribution in [0.25, 0.3) is 0 Å². The van der Waals surface area contributed by atoms with Crippen molar-refractivity contribution in [1.29, 1.82) is 0 Å². The van der Waals surface area contributed by atoms with Gasteiger partial charge in [0.25, 0.3) is 0 Å². The van der Waals surface area contributed by atoms with Gasteiger partial charge in [0.2, 0.25) is 0 Å². The summed E-state index contributed by atoms with van der Waals surface area (Å²) in [5.74, 6) is -0.444. The van der Waals surface area contributed by atoms with Crippen LogP contribution in [0.15, 0.2) is 16.7 Å². The first-order valence-corrected chi connectivity index (χ1v) is 7.34. The number of pyridine rings is 1. The molecule has 0 saturated carbocycles. The van der Waals surface area contributed by atoms with Crippen LogP contribution < -0.4 is 5.73 Å². The van der Waals surface area contributed by atoms with Crippen molar-refractivity contribution in [2.75, 3.05) is 5.73 Å². The van der Waals surface area contributed by atoms with Gasteiger partial charge in [0.1, 0.15) is 6.61 Å². The number of nitrogen functional groups attached to an aromatic ring is 1. The lowest BCUT2D eigenvalue weighted by molar-refractivity contribution is 0.0460. The van der Waals surface area contributed by atoms with Gasteiger partial charge in [-0.25, -0.2) is 4.79 Å². The molecule has 6 nitrogen and oxygen atoms in total. The summed E-state index contributed by atoms with van der Waals surface area (Å²) in [6.07, 6.45) is 1.51. The van der Waals surface area contributed by atoms with Crippen LogP contribution in [-0.2, 0) is 17.9 Å². The Labute approximate surface area is 131 Å². The molecule has 7 heteroatoms. The zero-order valence-electron chi connectivity index (χ0n) is 12.2. The third-order valence-corrected chi connectivity index (χ3v) is 4.15. The molecular weight excluding hydrogens is 336 g/mol. The first-order chi connectivity index (χ1) is 9.93. The Hall–Kier alpha value is -1.89. The van der Waals surface area contributed by atoms with Crippen LogP contribution in [-0.4, -0.2) is 20.7 Å². The topological polar surface area (TPSA) is 83.0 Å². The molecule has 0 unspecified atom stereocenters. The van der Waals surface area contributed by atoms with E-state index in [0.717, 1.165) is 15.9 Å². The lowest BCUT2D eigenvalue weighted by Crippen LogP contribution is -2.12. The van der Waals surface area contributed by atoms with E-state index in [1.54, 1.807) is 17.7 Å². The van der Waals surface area contributed by atoms with E-state index in [-0.39, 0.29) is 6.61 Å². The van der Waals surface area contributed by atoms with E-state index in [1.165, 1.54) is 6.20 Å². The summed E-state index contributed by atoms with van der Waals surface area (Å²) in [7, 11) is 0. The third kappa shape index (κ3) is 3.24. The number of hydrogen-bond donors (Lipinski definition) is 1. The number of halogens is 1. The van der Waals surface area contributed by atoms with Crippen molar-refractivity contribution in [2.24, 2.45) is 0 Å².